The lowest BCUT2D eigenvalue weighted by Crippen LogP contribution is -2.14. The number of hydrogen-bond donors (Lipinski definition) is 1. The second-order valence-electron chi connectivity index (χ2n) is 4.85. The van der Waals surface area contributed by atoms with E-state index in [1.807, 2.05) is 0 Å². The van der Waals surface area contributed by atoms with Crippen molar-refractivity contribution in [3.63, 3.8) is 0 Å². The molecule has 1 N–H and O–H groups in total. The fraction of sp³-hybridized carbons (Fsp3) is 0.200. The molecule has 0 fully saturated rings. The summed E-state index contributed by atoms with van der Waals surface area (Å²) in [5.41, 5.74) is -0.723. The molecule has 0 saturated carbocycles. The van der Waals surface area contributed by atoms with Crippen molar-refractivity contribution in [3.05, 3.63) is 59.7 Å². The molecule has 0 aliphatic rings. The van der Waals surface area contributed by atoms with Gasteiger partial charge in [0.25, 0.3) is 0 Å². The number of alkyl halides is 5. The van der Waals surface area contributed by atoms with E-state index in [1.165, 1.54) is 30.3 Å². The highest BCUT2D eigenvalue weighted by atomic mass is 32.2. The summed E-state index contributed by atoms with van der Waals surface area (Å²) in [6.45, 7) is -0.153. The van der Waals surface area contributed by atoms with Crippen LogP contribution in [0.5, 0.6) is 0 Å². The monoisotopic (exact) mass is 365 g/mol. The van der Waals surface area contributed by atoms with Gasteiger partial charge < -0.3 is 5.32 Å². The highest BCUT2D eigenvalue weighted by Crippen LogP contribution is 2.30. The Kier molecular flexibility index (Phi) is 5.12. The van der Waals surface area contributed by atoms with E-state index in [9.17, 15) is 30.4 Å². The van der Waals surface area contributed by atoms with Gasteiger partial charge in [0.2, 0.25) is 9.84 Å². The summed E-state index contributed by atoms with van der Waals surface area (Å²) in [4.78, 5) is -0.605. The first-order chi connectivity index (χ1) is 11.1. The maximum absolute atomic E-state index is 12.7. The molecule has 0 aliphatic heterocycles. The molecule has 0 atom stereocenters. The van der Waals surface area contributed by atoms with Crippen LogP contribution in [0.3, 0.4) is 0 Å². The standard InChI is InChI=1S/C15H12F5NO2S/c16-14(17)24(22,23)13-7-2-1-6-12(13)21-9-10-4-3-5-11(8-10)15(18,19)20/h1-8,14,21H,9H2. The number of hydrogen-bond acceptors (Lipinski definition) is 3. The first-order valence-electron chi connectivity index (χ1n) is 6.63. The van der Waals surface area contributed by atoms with Gasteiger partial charge in [-0.2, -0.15) is 22.0 Å². The quantitative estimate of drug-likeness (QED) is 0.803. The van der Waals surface area contributed by atoms with Crippen molar-refractivity contribution >= 4 is 15.5 Å². The number of anilines is 1. The van der Waals surface area contributed by atoms with Crippen molar-refractivity contribution in [2.45, 2.75) is 23.4 Å². The Morgan fingerprint density at radius 3 is 2.29 bits per heavy atom. The Balaban J connectivity index is 2.26. The van der Waals surface area contributed by atoms with Crippen molar-refractivity contribution in [1.29, 1.82) is 0 Å². The fourth-order valence-corrected chi connectivity index (χ4v) is 2.92. The lowest BCUT2D eigenvalue weighted by molar-refractivity contribution is -0.137. The van der Waals surface area contributed by atoms with Crippen molar-refractivity contribution in [1.82, 2.24) is 0 Å². The number of halogens is 5. The molecule has 24 heavy (non-hydrogen) atoms. The third-order valence-electron chi connectivity index (χ3n) is 3.17. The Morgan fingerprint density at radius 1 is 1.00 bits per heavy atom. The van der Waals surface area contributed by atoms with Crippen molar-refractivity contribution in [3.8, 4) is 0 Å². The molecule has 0 radical (unpaired) electrons. The second-order valence-corrected chi connectivity index (χ2v) is 6.74. The summed E-state index contributed by atoms with van der Waals surface area (Å²) in [6.07, 6.45) is -4.51. The lowest BCUT2D eigenvalue weighted by Gasteiger charge is -2.13. The third kappa shape index (κ3) is 4.02. The van der Waals surface area contributed by atoms with Gasteiger partial charge in [-0.05, 0) is 29.8 Å². The van der Waals surface area contributed by atoms with Gasteiger partial charge in [0.1, 0.15) is 0 Å². The smallest absolute Gasteiger partial charge is 0.380 e. The van der Waals surface area contributed by atoms with E-state index in [2.05, 4.69) is 5.32 Å². The van der Waals surface area contributed by atoms with Gasteiger partial charge in [0, 0.05) is 6.54 Å². The predicted molar refractivity (Wildman–Crippen MR) is 78.4 cm³/mol. The topological polar surface area (TPSA) is 46.2 Å². The van der Waals surface area contributed by atoms with E-state index in [-0.39, 0.29) is 17.8 Å². The Bertz CT molecular complexity index is 819. The van der Waals surface area contributed by atoms with E-state index in [4.69, 9.17) is 0 Å². The summed E-state index contributed by atoms with van der Waals surface area (Å²) in [6, 6.07) is 9.41. The number of rotatable bonds is 5. The molecule has 9 heteroatoms. The van der Waals surface area contributed by atoms with Crippen LogP contribution in [0.25, 0.3) is 0 Å². The molecule has 130 valence electrons. The number of para-hydroxylation sites is 1. The first kappa shape index (κ1) is 18.2. The van der Waals surface area contributed by atoms with Crippen LogP contribution in [-0.4, -0.2) is 14.2 Å². The zero-order chi connectivity index (χ0) is 18.0. The molecule has 0 aromatic heterocycles. The lowest BCUT2D eigenvalue weighted by atomic mass is 10.1. The van der Waals surface area contributed by atoms with Gasteiger partial charge in [-0.15, -0.1) is 0 Å². The minimum atomic E-state index is -4.82. The number of benzene rings is 2. The van der Waals surface area contributed by atoms with Crippen LogP contribution in [0.2, 0.25) is 0 Å². The van der Waals surface area contributed by atoms with Crippen molar-refractivity contribution < 1.29 is 30.4 Å². The van der Waals surface area contributed by atoms with Crippen LogP contribution in [0, 0.1) is 0 Å². The van der Waals surface area contributed by atoms with Gasteiger partial charge in [0.15, 0.2) is 0 Å². The van der Waals surface area contributed by atoms with E-state index in [0.29, 0.717) is 0 Å². The Hall–Kier alpha value is -2.16. The zero-order valence-corrected chi connectivity index (χ0v) is 12.8. The van der Waals surface area contributed by atoms with Crippen molar-refractivity contribution in [2.75, 3.05) is 5.32 Å². The van der Waals surface area contributed by atoms with Crippen LogP contribution in [0.1, 0.15) is 11.1 Å². The summed E-state index contributed by atoms with van der Waals surface area (Å²) >= 11 is 0. The molecular weight excluding hydrogens is 353 g/mol. The Morgan fingerprint density at radius 2 is 1.67 bits per heavy atom. The van der Waals surface area contributed by atoms with Gasteiger partial charge in [-0.3, -0.25) is 0 Å². The van der Waals surface area contributed by atoms with E-state index in [1.54, 1.807) is 0 Å². The Labute approximate surface area is 135 Å². The molecule has 2 rings (SSSR count). The zero-order valence-electron chi connectivity index (χ0n) is 12.0. The van der Waals surface area contributed by atoms with Crippen LogP contribution in [0.15, 0.2) is 53.4 Å². The highest BCUT2D eigenvalue weighted by Gasteiger charge is 2.31. The van der Waals surface area contributed by atoms with Gasteiger partial charge in [0.05, 0.1) is 16.1 Å². The van der Waals surface area contributed by atoms with Crippen LogP contribution in [-0.2, 0) is 22.6 Å². The van der Waals surface area contributed by atoms with Crippen LogP contribution >= 0.6 is 0 Å². The summed E-state index contributed by atoms with van der Waals surface area (Å²) in [5.74, 6) is -3.59. The molecule has 2 aromatic carbocycles. The molecule has 0 amide bonds. The average molecular weight is 365 g/mol. The average Bonchev–Trinajstić information content (AvgIpc) is 2.52. The second kappa shape index (κ2) is 6.76. The summed E-state index contributed by atoms with van der Waals surface area (Å²) in [7, 11) is -4.82. The molecule has 0 bridgehead atoms. The molecule has 3 nitrogen and oxygen atoms in total. The first-order valence-corrected chi connectivity index (χ1v) is 8.18. The molecule has 0 unspecified atom stereocenters. The van der Waals surface area contributed by atoms with Gasteiger partial charge >= 0.3 is 11.9 Å². The van der Waals surface area contributed by atoms with Crippen molar-refractivity contribution in [2.24, 2.45) is 0 Å². The van der Waals surface area contributed by atoms with Crippen LogP contribution < -0.4 is 5.32 Å². The molecule has 0 aliphatic carbocycles. The maximum Gasteiger partial charge on any atom is 0.416 e. The molecule has 0 heterocycles. The van der Waals surface area contributed by atoms with Gasteiger partial charge in [-0.1, -0.05) is 24.3 Å². The predicted octanol–water partition coefficient (Wildman–Crippen LogP) is 4.31. The largest absolute Gasteiger partial charge is 0.416 e. The van der Waals surface area contributed by atoms with E-state index >= 15 is 0 Å². The molecule has 0 spiro atoms. The molecule has 2 aromatic rings. The minimum Gasteiger partial charge on any atom is -0.380 e. The SMILES string of the molecule is O=S(=O)(c1ccccc1NCc1cccc(C(F)(F)F)c1)C(F)F. The summed E-state index contributed by atoms with van der Waals surface area (Å²) < 4.78 is 86.6. The highest BCUT2D eigenvalue weighted by molar-refractivity contribution is 7.91. The van der Waals surface area contributed by atoms with Gasteiger partial charge in [-0.25, -0.2) is 8.42 Å². The fourth-order valence-electron chi connectivity index (χ4n) is 2.01. The molecular formula is C15H12F5NO2S. The summed E-state index contributed by atoms with van der Waals surface area (Å²) in [5, 5.41) is 2.59. The number of nitrogens with one attached hydrogen (secondary N) is 1. The van der Waals surface area contributed by atoms with E-state index < -0.39 is 32.2 Å². The maximum atomic E-state index is 12.7. The number of sulfone groups is 1. The third-order valence-corrected chi connectivity index (χ3v) is 4.60. The molecule has 0 saturated heterocycles. The minimum absolute atomic E-state index is 0.102. The van der Waals surface area contributed by atoms with E-state index in [0.717, 1.165) is 18.2 Å². The van der Waals surface area contributed by atoms with Crippen LogP contribution in [0.4, 0.5) is 27.6 Å². The normalized spacial score (nSPS) is 12.4.